The maximum atomic E-state index is 9.93. The van der Waals surface area contributed by atoms with Crippen LogP contribution in [0.3, 0.4) is 0 Å². The van der Waals surface area contributed by atoms with Crippen LogP contribution in [0.5, 0.6) is 0 Å². The first-order valence-corrected chi connectivity index (χ1v) is 9.51. The van der Waals surface area contributed by atoms with Crippen molar-refractivity contribution in [1.29, 1.82) is 0 Å². The van der Waals surface area contributed by atoms with Crippen molar-refractivity contribution >= 4 is 0 Å². The van der Waals surface area contributed by atoms with Gasteiger partial charge in [-0.15, -0.1) is 0 Å². The van der Waals surface area contributed by atoms with Crippen molar-refractivity contribution in [1.82, 2.24) is 11.0 Å². The van der Waals surface area contributed by atoms with E-state index >= 15 is 0 Å². The van der Waals surface area contributed by atoms with E-state index in [1.165, 1.54) is 96.3 Å². The minimum absolute atomic E-state index is 0.794. The highest BCUT2D eigenvalue weighted by molar-refractivity contribution is 4.50. The number of unbranched alkanes of at least 4 members (excludes halogenated alkanes) is 15. The molecule has 0 bridgehead atoms. The summed E-state index contributed by atoms with van der Waals surface area (Å²) in [4.78, 5) is 0. The Kier molecular flexibility index (Phi) is 19.8. The van der Waals surface area contributed by atoms with E-state index in [1.54, 1.807) is 5.59 Å². The van der Waals surface area contributed by atoms with Crippen LogP contribution in [0.15, 0.2) is 0 Å². The van der Waals surface area contributed by atoms with Crippen molar-refractivity contribution in [3.63, 3.8) is 0 Å². The fraction of sp³-hybridized carbons (Fsp3) is 1.00. The second kappa shape index (κ2) is 19.9. The highest BCUT2D eigenvalue weighted by Gasteiger charge is 1.94. The van der Waals surface area contributed by atoms with Crippen LogP contribution in [-0.2, 0) is 0 Å². The predicted molar refractivity (Wildman–Crippen MR) is 94.1 cm³/mol. The molecule has 0 aliphatic rings. The molecule has 0 unspecified atom stereocenters. The van der Waals surface area contributed by atoms with Crippen molar-refractivity contribution in [2.75, 3.05) is 6.54 Å². The van der Waals surface area contributed by atoms with Gasteiger partial charge in [0.15, 0.2) is 0 Å². The van der Waals surface area contributed by atoms with Gasteiger partial charge in [0.2, 0.25) is 0 Å². The molecule has 0 aliphatic carbocycles. The molecule has 0 aromatic heterocycles. The van der Waals surface area contributed by atoms with Crippen LogP contribution in [0.2, 0.25) is 0 Å². The molecule has 0 saturated carbocycles. The molecule has 0 amide bonds. The van der Waals surface area contributed by atoms with Crippen LogP contribution in [0.25, 0.3) is 0 Å². The van der Waals surface area contributed by atoms with Crippen molar-refractivity contribution in [3.05, 3.63) is 5.21 Å². The van der Waals surface area contributed by atoms with Crippen LogP contribution in [0.1, 0.15) is 110 Å². The van der Waals surface area contributed by atoms with Gasteiger partial charge in [-0.25, -0.2) is 0 Å². The number of hydrazine groups is 1. The van der Waals surface area contributed by atoms with Crippen LogP contribution >= 0.6 is 0 Å². The molecule has 3 nitrogen and oxygen atoms in total. The van der Waals surface area contributed by atoms with Gasteiger partial charge in [0.25, 0.3) is 0 Å². The number of hydrogen-bond donors (Lipinski definition) is 2. The highest BCUT2D eigenvalue weighted by Crippen LogP contribution is 2.13. The molecule has 0 rings (SSSR count). The summed E-state index contributed by atoms with van der Waals surface area (Å²) in [5, 5.41) is 9.93. The quantitative estimate of drug-likeness (QED) is 0.247. The van der Waals surface area contributed by atoms with Gasteiger partial charge in [-0.05, 0) is 6.42 Å². The van der Waals surface area contributed by atoms with E-state index in [0.717, 1.165) is 13.0 Å². The fourth-order valence-electron chi connectivity index (χ4n) is 2.81. The average molecular weight is 300 g/mol. The van der Waals surface area contributed by atoms with E-state index in [1.807, 2.05) is 0 Å². The lowest BCUT2D eigenvalue weighted by atomic mass is 10.0. The van der Waals surface area contributed by atoms with E-state index in [9.17, 15) is 5.21 Å². The lowest BCUT2D eigenvalue weighted by molar-refractivity contribution is 0.520. The second-order valence-corrected chi connectivity index (χ2v) is 6.33. The Morgan fingerprint density at radius 1 is 0.524 bits per heavy atom. The molecule has 0 saturated heterocycles. The fourth-order valence-corrected chi connectivity index (χ4v) is 2.81. The standard InChI is InChI=1S/C18H39N2O/c1-2-3-4-5-6-7-8-9-10-11-12-13-14-15-16-17-18-19-20-21/h19-20H,2-18H2,1H3/q-1. The van der Waals surface area contributed by atoms with Gasteiger partial charge in [0, 0.05) is 6.54 Å². The van der Waals surface area contributed by atoms with E-state index in [-0.39, 0.29) is 0 Å². The van der Waals surface area contributed by atoms with Gasteiger partial charge in [-0.2, -0.15) is 0 Å². The molecule has 0 fully saturated rings. The van der Waals surface area contributed by atoms with Gasteiger partial charge >= 0.3 is 0 Å². The molecule has 2 N–H and O–H groups in total. The molecular formula is C18H39N2O-. The van der Waals surface area contributed by atoms with Crippen molar-refractivity contribution in [2.45, 2.75) is 110 Å². The van der Waals surface area contributed by atoms with Gasteiger partial charge < -0.3 is 10.8 Å². The normalized spacial score (nSPS) is 11.1. The SMILES string of the molecule is CCCCCCCCCCCCCCCCCCNN[O-]. The van der Waals surface area contributed by atoms with Crippen LogP contribution in [0.4, 0.5) is 0 Å². The molecule has 0 heterocycles. The number of hydrogen-bond acceptors (Lipinski definition) is 3. The summed E-state index contributed by atoms with van der Waals surface area (Å²) >= 11 is 0. The maximum Gasteiger partial charge on any atom is 0.00899 e. The Hall–Kier alpha value is -0.120. The van der Waals surface area contributed by atoms with Crippen molar-refractivity contribution < 1.29 is 0 Å². The van der Waals surface area contributed by atoms with E-state index in [0.29, 0.717) is 0 Å². The van der Waals surface area contributed by atoms with Crippen LogP contribution in [0, 0.1) is 5.21 Å². The Balaban J connectivity index is 2.90. The molecule has 0 atom stereocenters. The summed E-state index contributed by atoms with van der Waals surface area (Å²) in [6, 6.07) is 0. The van der Waals surface area contributed by atoms with E-state index in [2.05, 4.69) is 12.3 Å². The molecular weight excluding hydrogens is 260 g/mol. The van der Waals surface area contributed by atoms with E-state index in [4.69, 9.17) is 0 Å². The molecule has 0 aliphatic heterocycles. The Labute approximate surface area is 133 Å². The highest BCUT2D eigenvalue weighted by atomic mass is 16.5. The minimum Gasteiger partial charge on any atom is -0.774 e. The summed E-state index contributed by atoms with van der Waals surface area (Å²) in [7, 11) is 0. The van der Waals surface area contributed by atoms with Crippen molar-refractivity contribution in [3.8, 4) is 0 Å². The number of rotatable bonds is 18. The lowest BCUT2D eigenvalue weighted by Gasteiger charge is -2.08. The second-order valence-electron chi connectivity index (χ2n) is 6.33. The van der Waals surface area contributed by atoms with Crippen molar-refractivity contribution in [2.24, 2.45) is 0 Å². The number of nitrogens with one attached hydrogen (secondary N) is 2. The first-order chi connectivity index (χ1) is 10.4. The zero-order valence-electron chi connectivity index (χ0n) is 14.4. The zero-order valence-corrected chi connectivity index (χ0v) is 14.4. The summed E-state index contributed by atoms with van der Waals surface area (Å²) in [6.07, 6.45) is 22.2. The molecule has 0 aromatic rings. The van der Waals surface area contributed by atoms with Crippen LogP contribution < -0.4 is 11.0 Å². The maximum absolute atomic E-state index is 9.93. The third-order valence-corrected chi connectivity index (χ3v) is 4.23. The molecule has 21 heavy (non-hydrogen) atoms. The first kappa shape index (κ1) is 20.9. The molecule has 3 heteroatoms. The first-order valence-electron chi connectivity index (χ1n) is 9.51. The van der Waals surface area contributed by atoms with Crippen LogP contribution in [-0.4, -0.2) is 6.54 Å². The minimum atomic E-state index is 0.794. The molecule has 0 radical (unpaired) electrons. The van der Waals surface area contributed by atoms with E-state index < -0.39 is 0 Å². The third-order valence-electron chi connectivity index (χ3n) is 4.23. The monoisotopic (exact) mass is 299 g/mol. The Morgan fingerprint density at radius 2 is 0.857 bits per heavy atom. The van der Waals surface area contributed by atoms with Gasteiger partial charge in [-0.1, -0.05) is 103 Å². The Morgan fingerprint density at radius 3 is 1.19 bits per heavy atom. The zero-order chi connectivity index (χ0) is 15.4. The molecule has 128 valence electrons. The summed E-state index contributed by atoms with van der Waals surface area (Å²) in [5.74, 6) is 0. The average Bonchev–Trinajstić information content (AvgIpc) is 2.50. The van der Waals surface area contributed by atoms with Gasteiger partial charge in [0.1, 0.15) is 0 Å². The smallest absolute Gasteiger partial charge is 0.00899 e. The third kappa shape index (κ3) is 19.9. The topological polar surface area (TPSA) is 47.1 Å². The van der Waals surface area contributed by atoms with Gasteiger partial charge in [-0.3, -0.25) is 5.43 Å². The summed E-state index contributed by atoms with van der Waals surface area (Å²) < 4.78 is 0. The van der Waals surface area contributed by atoms with Gasteiger partial charge in [0.05, 0.1) is 0 Å². The molecule has 0 spiro atoms. The summed E-state index contributed by atoms with van der Waals surface area (Å²) in [6.45, 7) is 3.08. The lowest BCUT2D eigenvalue weighted by Crippen LogP contribution is -2.26. The predicted octanol–water partition coefficient (Wildman–Crippen LogP) is 5.84. The largest absolute Gasteiger partial charge is 0.774 e. The molecule has 0 aromatic carbocycles. The summed E-state index contributed by atoms with van der Waals surface area (Å²) in [5.41, 5.74) is 4.31. The Bertz CT molecular complexity index is 159.